The Balaban J connectivity index is 1.91. The van der Waals surface area contributed by atoms with E-state index in [-0.39, 0.29) is 0 Å². The van der Waals surface area contributed by atoms with Crippen LogP contribution in [0, 0.1) is 5.92 Å². The van der Waals surface area contributed by atoms with Gasteiger partial charge in [0.1, 0.15) is 0 Å². The van der Waals surface area contributed by atoms with E-state index in [0.29, 0.717) is 0 Å². The first kappa shape index (κ1) is 13.0. The quantitative estimate of drug-likeness (QED) is 0.656. The summed E-state index contributed by atoms with van der Waals surface area (Å²) in [4.78, 5) is 0. The fraction of sp³-hybridized carbons (Fsp3) is 1.00. The smallest absolute Gasteiger partial charge is 0.0491 e. The van der Waals surface area contributed by atoms with Gasteiger partial charge in [-0.05, 0) is 38.1 Å². The molecule has 0 radical (unpaired) electrons. The van der Waals surface area contributed by atoms with Gasteiger partial charge < -0.3 is 10.1 Å². The average molecular weight is 213 g/mol. The van der Waals surface area contributed by atoms with Gasteiger partial charge in [0.25, 0.3) is 0 Å². The van der Waals surface area contributed by atoms with Crippen LogP contribution in [0.1, 0.15) is 52.4 Å². The van der Waals surface area contributed by atoms with Crippen LogP contribution in [0.25, 0.3) is 0 Å². The van der Waals surface area contributed by atoms with Crippen molar-refractivity contribution in [3.8, 4) is 0 Å². The third-order valence-corrected chi connectivity index (χ3v) is 3.21. The molecule has 0 saturated carbocycles. The molecule has 2 atom stereocenters. The van der Waals surface area contributed by atoms with Crippen molar-refractivity contribution in [2.45, 2.75) is 58.4 Å². The third kappa shape index (κ3) is 6.16. The molecule has 2 unspecified atom stereocenters. The van der Waals surface area contributed by atoms with Crippen molar-refractivity contribution in [1.82, 2.24) is 5.32 Å². The topological polar surface area (TPSA) is 21.3 Å². The van der Waals surface area contributed by atoms with Gasteiger partial charge in [-0.25, -0.2) is 0 Å². The van der Waals surface area contributed by atoms with E-state index in [1.54, 1.807) is 0 Å². The summed E-state index contributed by atoms with van der Waals surface area (Å²) in [6.45, 7) is 7.61. The highest BCUT2D eigenvalue weighted by Gasteiger charge is 2.11. The predicted molar refractivity (Wildman–Crippen MR) is 65.1 cm³/mol. The molecule has 1 rings (SSSR count). The van der Waals surface area contributed by atoms with E-state index in [1.807, 2.05) is 0 Å². The molecule has 1 heterocycles. The lowest BCUT2D eigenvalue weighted by Crippen LogP contribution is -2.34. The Hall–Kier alpha value is -0.0800. The van der Waals surface area contributed by atoms with E-state index < -0.39 is 0 Å². The number of hydrogen-bond acceptors (Lipinski definition) is 2. The molecule has 0 aromatic rings. The fourth-order valence-corrected chi connectivity index (χ4v) is 2.26. The normalized spacial score (nSPS) is 24.0. The second-order valence-electron chi connectivity index (χ2n) is 4.90. The predicted octanol–water partition coefficient (Wildman–Crippen LogP) is 2.97. The first-order chi connectivity index (χ1) is 7.33. The second kappa shape index (κ2) is 8.12. The number of piperidine rings is 1. The van der Waals surface area contributed by atoms with Crippen molar-refractivity contribution < 1.29 is 4.74 Å². The van der Waals surface area contributed by atoms with Gasteiger partial charge in [-0.15, -0.1) is 0 Å². The lowest BCUT2D eigenvalue weighted by Gasteiger charge is -2.23. The van der Waals surface area contributed by atoms with Crippen molar-refractivity contribution in [2.24, 2.45) is 5.92 Å². The minimum absolute atomic E-state index is 0.722. The van der Waals surface area contributed by atoms with Crippen molar-refractivity contribution in [2.75, 3.05) is 19.8 Å². The molecule has 1 aliphatic heterocycles. The maximum absolute atomic E-state index is 5.71. The number of hydrogen-bond donors (Lipinski definition) is 1. The molecule has 0 aromatic heterocycles. The van der Waals surface area contributed by atoms with Crippen LogP contribution < -0.4 is 5.32 Å². The zero-order valence-electron chi connectivity index (χ0n) is 10.4. The Bertz CT molecular complexity index is 143. The number of ether oxygens (including phenoxy) is 1. The molecule has 2 heteroatoms. The zero-order chi connectivity index (χ0) is 10.9. The summed E-state index contributed by atoms with van der Waals surface area (Å²) in [6, 6.07) is 0.722. The molecule has 2 nitrogen and oxygen atoms in total. The van der Waals surface area contributed by atoms with Crippen LogP contribution in [0.15, 0.2) is 0 Å². The second-order valence-corrected chi connectivity index (χ2v) is 4.90. The van der Waals surface area contributed by atoms with E-state index >= 15 is 0 Å². The van der Waals surface area contributed by atoms with Crippen molar-refractivity contribution in [3.05, 3.63) is 0 Å². The number of nitrogens with one attached hydrogen (secondary N) is 1. The summed E-state index contributed by atoms with van der Waals surface area (Å²) in [6.07, 6.45) is 7.85. The van der Waals surface area contributed by atoms with Gasteiger partial charge in [-0.3, -0.25) is 0 Å². The van der Waals surface area contributed by atoms with Gasteiger partial charge in [0.15, 0.2) is 0 Å². The van der Waals surface area contributed by atoms with Crippen molar-refractivity contribution in [1.29, 1.82) is 0 Å². The van der Waals surface area contributed by atoms with Gasteiger partial charge in [0, 0.05) is 19.3 Å². The third-order valence-electron chi connectivity index (χ3n) is 3.21. The molecule has 1 N–H and O–H groups in total. The van der Waals surface area contributed by atoms with Crippen LogP contribution >= 0.6 is 0 Å². The highest BCUT2D eigenvalue weighted by atomic mass is 16.5. The average Bonchev–Trinajstić information content (AvgIpc) is 2.26. The summed E-state index contributed by atoms with van der Waals surface area (Å²) < 4.78 is 5.71. The molecule has 0 aromatic carbocycles. The molecule has 0 spiro atoms. The van der Waals surface area contributed by atoms with Crippen LogP contribution in [0.5, 0.6) is 0 Å². The van der Waals surface area contributed by atoms with Crippen LogP contribution in [-0.2, 0) is 4.74 Å². The van der Waals surface area contributed by atoms with E-state index in [0.717, 1.165) is 25.2 Å². The Kier molecular flexibility index (Phi) is 7.03. The van der Waals surface area contributed by atoms with Gasteiger partial charge >= 0.3 is 0 Å². The van der Waals surface area contributed by atoms with Gasteiger partial charge in [0.05, 0.1) is 0 Å². The monoisotopic (exact) mass is 213 g/mol. The standard InChI is InChI=1S/C13H27NO/c1-3-6-12(2)11-15-10-8-13-7-4-5-9-14-13/h12-14H,3-11H2,1-2H3. The Morgan fingerprint density at radius 3 is 2.93 bits per heavy atom. The molecule has 0 bridgehead atoms. The highest BCUT2D eigenvalue weighted by molar-refractivity contribution is 4.71. The summed E-state index contributed by atoms with van der Waals surface area (Å²) in [5.41, 5.74) is 0. The van der Waals surface area contributed by atoms with Gasteiger partial charge in [-0.2, -0.15) is 0 Å². The summed E-state index contributed by atoms with van der Waals surface area (Å²) in [7, 11) is 0. The molecule has 1 saturated heterocycles. The number of rotatable bonds is 7. The highest BCUT2D eigenvalue weighted by Crippen LogP contribution is 2.11. The zero-order valence-corrected chi connectivity index (χ0v) is 10.4. The largest absolute Gasteiger partial charge is 0.381 e. The molecule has 0 aliphatic carbocycles. The Morgan fingerprint density at radius 2 is 2.27 bits per heavy atom. The molecular weight excluding hydrogens is 186 g/mol. The van der Waals surface area contributed by atoms with E-state index in [2.05, 4.69) is 19.2 Å². The molecular formula is C13H27NO. The van der Waals surface area contributed by atoms with Gasteiger partial charge in [0.2, 0.25) is 0 Å². The first-order valence-electron chi connectivity index (χ1n) is 6.64. The lowest BCUT2D eigenvalue weighted by molar-refractivity contribution is 0.0917. The van der Waals surface area contributed by atoms with Gasteiger partial charge in [-0.1, -0.05) is 26.7 Å². The van der Waals surface area contributed by atoms with Crippen LogP contribution in [0.2, 0.25) is 0 Å². The first-order valence-corrected chi connectivity index (χ1v) is 6.64. The minimum Gasteiger partial charge on any atom is -0.381 e. The minimum atomic E-state index is 0.722. The molecule has 15 heavy (non-hydrogen) atoms. The molecule has 0 amide bonds. The summed E-state index contributed by atoms with van der Waals surface area (Å²) in [5.74, 6) is 0.731. The summed E-state index contributed by atoms with van der Waals surface area (Å²) in [5, 5.41) is 3.55. The Morgan fingerprint density at radius 1 is 1.40 bits per heavy atom. The van der Waals surface area contributed by atoms with Crippen LogP contribution in [-0.4, -0.2) is 25.8 Å². The molecule has 1 fully saturated rings. The van der Waals surface area contributed by atoms with E-state index in [4.69, 9.17) is 4.74 Å². The fourth-order valence-electron chi connectivity index (χ4n) is 2.26. The van der Waals surface area contributed by atoms with E-state index in [9.17, 15) is 0 Å². The van der Waals surface area contributed by atoms with Crippen LogP contribution in [0.3, 0.4) is 0 Å². The maximum atomic E-state index is 5.71. The molecule has 1 aliphatic rings. The Labute approximate surface area is 94.8 Å². The maximum Gasteiger partial charge on any atom is 0.0491 e. The SMILES string of the molecule is CCCC(C)COCCC1CCCCN1. The van der Waals surface area contributed by atoms with Crippen molar-refractivity contribution >= 4 is 0 Å². The lowest BCUT2D eigenvalue weighted by atomic mass is 10.0. The van der Waals surface area contributed by atoms with E-state index in [1.165, 1.54) is 45.1 Å². The summed E-state index contributed by atoms with van der Waals surface area (Å²) >= 11 is 0. The van der Waals surface area contributed by atoms with Crippen molar-refractivity contribution in [3.63, 3.8) is 0 Å². The molecule has 90 valence electrons. The van der Waals surface area contributed by atoms with Crippen LogP contribution in [0.4, 0.5) is 0 Å².